The van der Waals surface area contributed by atoms with Crippen molar-refractivity contribution in [2.24, 2.45) is 0 Å². The van der Waals surface area contributed by atoms with Crippen molar-refractivity contribution in [3.8, 4) is 17.0 Å². The molecule has 0 aliphatic heterocycles. The molecule has 42 heavy (non-hydrogen) atoms. The maximum absolute atomic E-state index is 13.5. The van der Waals surface area contributed by atoms with Crippen molar-refractivity contribution in [2.45, 2.75) is 71.8 Å². The van der Waals surface area contributed by atoms with Crippen LogP contribution in [0.2, 0.25) is 0 Å². The molecule has 0 bridgehead atoms. The summed E-state index contributed by atoms with van der Waals surface area (Å²) in [5, 5.41) is 5.29. The van der Waals surface area contributed by atoms with Crippen molar-refractivity contribution < 1.29 is 14.3 Å². The van der Waals surface area contributed by atoms with Gasteiger partial charge in [0.2, 0.25) is 5.91 Å². The number of rotatable bonds is 13. The minimum absolute atomic E-state index is 0.0734. The topological polar surface area (TPSA) is 113 Å². The number of hydrogen-bond donors (Lipinski definition) is 3. The standard InChI is InChI=1S/C34H39N5O3/c1-5-23(40)10-7-6-8-12-31(38-33(41)19-27-22(3)37-30-17-15-24(42-4)18-28(27)30)34-35-20-32(39-34)25-11-9-13-29-26(25)16-14-21(2)36-29/h9,11,13-18,20,31,37H,5-8,10,12,19H2,1-4H3,(H,35,39)(H,38,41). The Hall–Kier alpha value is -4.46. The second-order valence-corrected chi connectivity index (χ2v) is 10.9. The van der Waals surface area contributed by atoms with Gasteiger partial charge in [-0.15, -0.1) is 0 Å². The van der Waals surface area contributed by atoms with E-state index < -0.39 is 0 Å². The summed E-state index contributed by atoms with van der Waals surface area (Å²) < 4.78 is 5.42. The van der Waals surface area contributed by atoms with E-state index in [4.69, 9.17) is 9.72 Å². The van der Waals surface area contributed by atoms with Crippen molar-refractivity contribution >= 4 is 33.5 Å². The fourth-order valence-corrected chi connectivity index (χ4v) is 5.57. The first-order valence-corrected chi connectivity index (χ1v) is 14.7. The number of pyridine rings is 1. The summed E-state index contributed by atoms with van der Waals surface area (Å²) in [5.41, 5.74) is 6.70. The molecule has 0 fully saturated rings. The number of hydrogen-bond acceptors (Lipinski definition) is 5. The highest BCUT2D eigenvalue weighted by Gasteiger charge is 2.21. The van der Waals surface area contributed by atoms with Gasteiger partial charge in [-0.25, -0.2) is 4.98 Å². The van der Waals surface area contributed by atoms with E-state index in [1.807, 2.05) is 63.4 Å². The molecular formula is C34H39N5O3. The van der Waals surface area contributed by atoms with Crippen LogP contribution in [0, 0.1) is 13.8 Å². The molecule has 1 amide bonds. The van der Waals surface area contributed by atoms with Gasteiger partial charge in [-0.05, 0) is 62.6 Å². The number of methoxy groups -OCH3 is 1. The Labute approximate surface area is 246 Å². The second-order valence-electron chi connectivity index (χ2n) is 10.9. The number of nitrogens with zero attached hydrogens (tertiary/aromatic N) is 2. The fraction of sp³-hybridized carbons (Fsp3) is 0.353. The summed E-state index contributed by atoms with van der Waals surface area (Å²) in [5.74, 6) is 1.69. The van der Waals surface area contributed by atoms with E-state index in [1.54, 1.807) is 7.11 Å². The zero-order valence-corrected chi connectivity index (χ0v) is 24.8. The summed E-state index contributed by atoms with van der Waals surface area (Å²) in [6.07, 6.45) is 6.62. The third-order valence-electron chi connectivity index (χ3n) is 7.93. The van der Waals surface area contributed by atoms with Gasteiger partial charge in [-0.1, -0.05) is 38.0 Å². The van der Waals surface area contributed by atoms with E-state index in [2.05, 4.69) is 32.4 Å². The van der Waals surface area contributed by atoms with Gasteiger partial charge < -0.3 is 20.0 Å². The van der Waals surface area contributed by atoms with Crippen molar-refractivity contribution in [1.82, 2.24) is 25.3 Å². The average Bonchev–Trinajstić information content (AvgIpc) is 3.60. The maximum Gasteiger partial charge on any atom is 0.225 e. The van der Waals surface area contributed by atoms with Crippen LogP contribution in [-0.2, 0) is 16.0 Å². The number of imidazole rings is 1. The van der Waals surface area contributed by atoms with Gasteiger partial charge in [-0.3, -0.25) is 14.6 Å². The zero-order valence-electron chi connectivity index (χ0n) is 24.8. The molecule has 1 atom stereocenters. The Bertz CT molecular complexity index is 1720. The molecule has 3 N–H and O–H groups in total. The number of nitrogens with one attached hydrogen (secondary N) is 3. The minimum Gasteiger partial charge on any atom is -0.497 e. The van der Waals surface area contributed by atoms with Crippen LogP contribution in [0.3, 0.4) is 0 Å². The van der Waals surface area contributed by atoms with Gasteiger partial charge in [0, 0.05) is 46.1 Å². The lowest BCUT2D eigenvalue weighted by Crippen LogP contribution is -2.30. The normalized spacial score (nSPS) is 12.1. The van der Waals surface area contributed by atoms with Crippen LogP contribution >= 0.6 is 0 Å². The molecule has 5 rings (SSSR count). The quantitative estimate of drug-likeness (QED) is 0.132. The predicted molar refractivity (Wildman–Crippen MR) is 167 cm³/mol. The zero-order chi connectivity index (χ0) is 29.6. The van der Waals surface area contributed by atoms with Crippen molar-refractivity contribution in [1.29, 1.82) is 0 Å². The van der Waals surface area contributed by atoms with Crippen LogP contribution in [0.15, 0.2) is 54.7 Å². The van der Waals surface area contributed by atoms with E-state index in [0.29, 0.717) is 18.6 Å². The molecule has 0 radical (unpaired) electrons. The number of aromatic nitrogens is 4. The Morgan fingerprint density at radius 1 is 1.00 bits per heavy atom. The monoisotopic (exact) mass is 565 g/mol. The van der Waals surface area contributed by atoms with Gasteiger partial charge >= 0.3 is 0 Å². The summed E-state index contributed by atoms with van der Waals surface area (Å²) >= 11 is 0. The summed E-state index contributed by atoms with van der Waals surface area (Å²) in [6, 6.07) is 15.7. The predicted octanol–water partition coefficient (Wildman–Crippen LogP) is 7.06. The number of benzene rings is 2. The Balaban J connectivity index is 1.37. The number of unbranched alkanes of at least 4 members (excludes halogenated alkanes) is 2. The number of aromatic amines is 2. The molecular weight excluding hydrogens is 526 g/mol. The fourth-order valence-electron chi connectivity index (χ4n) is 5.57. The van der Waals surface area contributed by atoms with Gasteiger partial charge in [0.15, 0.2) is 0 Å². The molecule has 0 aliphatic rings. The highest BCUT2D eigenvalue weighted by Crippen LogP contribution is 2.30. The molecule has 2 aromatic carbocycles. The van der Waals surface area contributed by atoms with Crippen LogP contribution in [0.1, 0.15) is 74.3 Å². The lowest BCUT2D eigenvalue weighted by Gasteiger charge is -2.17. The van der Waals surface area contributed by atoms with E-state index >= 15 is 0 Å². The molecule has 5 aromatic rings. The first-order valence-electron chi connectivity index (χ1n) is 14.7. The second kappa shape index (κ2) is 13.0. The molecule has 1 unspecified atom stereocenters. The Morgan fingerprint density at radius 2 is 1.86 bits per heavy atom. The van der Waals surface area contributed by atoms with Crippen LogP contribution in [-0.4, -0.2) is 38.7 Å². The molecule has 8 nitrogen and oxygen atoms in total. The van der Waals surface area contributed by atoms with Crippen LogP contribution < -0.4 is 10.1 Å². The largest absolute Gasteiger partial charge is 0.497 e. The number of aryl methyl sites for hydroxylation is 2. The molecule has 0 saturated heterocycles. The molecule has 3 heterocycles. The van der Waals surface area contributed by atoms with Gasteiger partial charge in [0.05, 0.1) is 37.0 Å². The molecule has 0 saturated carbocycles. The number of Topliss-reactive ketones (excluding diaryl/α,β-unsaturated/α-hetero) is 1. The van der Waals surface area contributed by atoms with Crippen molar-refractivity contribution in [2.75, 3.05) is 7.11 Å². The molecule has 0 spiro atoms. The number of ether oxygens (including phenoxy) is 1. The number of carbonyl (C=O) groups excluding carboxylic acids is 2. The van der Waals surface area contributed by atoms with Gasteiger partial charge in [-0.2, -0.15) is 0 Å². The number of carbonyl (C=O) groups is 2. The Kier molecular flexibility index (Phi) is 9.00. The van der Waals surface area contributed by atoms with Gasteiger partial charge in [0.25, 0.3) is 0 Å². The molecule has 218 valence electrons. The third-order valence-corrected chi connectivity index (χ3v) is 7.93. The third kappa shape index (κ3) is 6.54. The van der Waals surface area contributed by atoms with E-state index in [1.165, 1.54) is 0 Å². The minimum atomic E-state index is -0.288. The van der Waals surface area contributed by atoms with Crippen LogP contribution in [0.5, 0.6) is 5.75 Å². The first kappa shape index (κ1) is 29.0. The van der Waals surface area contributed by atoms with Crippen molar-refractivity contribution in [3.05, 3.63) is 77.5 Å². The highest BCUT2D eigenvalue weighted by molar-refractivity contribution is 5.94. The van der Waals surface area contributed by atoms with Crippen LogP contribution in [0.25, 0.3) is 33.1 Å². The smallest absolute Gasteiger partial charge is 0.225 e. The summed E-state index contributed by atoms with van der Waals surface area (Å²) in [7, 11) is 1.64. The molecule has 0 aliphatic carbocycles. The summed E-state index contributed by atoms with van der Waals surface area (Å²) in [4.78, 5) is 41.5. The van der Waals surface area contributed by atoms with Gasteiger partial charge in [0.1, 0.15) is 17.4 Å². The number of amides is 1. The number of fused-ring (bicyclic) bond motifs is 2. The first-order chi connectivity index (χ1) is 20.4. The van der Waals surface area contributed by atoms with E-state index in [0.717, 1.165) is 87.3 Å². The molecule has 3 aromatic heterocycles. The lowest BCUT2D eigenvalue weighted by molar-refractivity contribution is -0.121. The lowest BCUT2D eigenvalue weighted by atomic mass is 10.0. The van der Waals surface area contributed by atoms with E-state index in [-0.39, 0.29) is 18.4 Å². The number of ketones is 1. The van der Waals surface area contributed by atoms with E-state index in [9.17, 15) is 9.59 Å². The maximum atomic E-state index is 13.5. The number of H-pyrrole nitrogens is 2. The highest BCUT2D eigenvalue weighted by atomic mass is 16.5. The van der Waals surface area contributed by atoms with Crippen molar-refractivity contribution in [3.63, 3.8) is 0 Å². The SMILES string of the molecule is CCC(=O)CCCCCC(NC(=O)Cc1c(C)[nH]c2ccc(OC)cc12)c1ncc(-c2cccc3nc(C)ccc23)[nH]1. The molecule has 8 heteroatoms. The Morgan fingerprint density at radius 3 is 2.67 bits per heavy atom. The summed E-state index contributed by atoms with van der Waals surface area (Å²) in [6.45, 7) is 5.88. The average molecular weight is 566 g/mol. The van der Waals surface area contributed by atoms with Crippen LogP contribution in [0.4, 0.5) is 0 Å².